The van der Waals surface area contributed by atoms with Crippen LogP contribution in [0.15, 0.2) is 48.5 Å². The summed E-state index contributed by atoms with van der Waals surface area (Å²) in [5.41, 5.74) is 2.13. The molecule has 2 aliphatic rings. The molecule has 4 rings (SSSR count). The third kappa shape index (κ3) is 3.14. The highest BCUT2D eigenvalue weighted by atomic mass is 19.1. The Labute approximate surface area is 151 Å². The fourth-order valence-electron chi connectivity index (χ4n) is 3.78. The van der Waals surface area contributed by atoms with Crippen molar-refractivity contribution in [2.24, 2.45) is 0 Å². The van der Waals surface area contributed by atoms with E-state index in [0.29, 0.717) is 25.2 Å². The first-order chi connectivity index (χ1) is 12.7. The summed E-state index contributed by atoms with van der Waals surface area (Å²) in [6, 6.07) is 14.6. The second-order valence-corrected chi connectivity index (χ2v) is 6.74. The van der Waals surface area contributed by atoms with Crippen molar-refractivity contribution >= 4 is 5.57 Å². The number of morpholine rings is 1. The third-order valence-corrected chi connectivity index (χ3v) is 5.08. The molecule has 2 bridgehead atoms. The standard InChI is InChI=1S/C21H18F2N2O/c22-20-8-16(9-21(23)19(20)10-24)15-6-17-12-26-13-18(7-15)25(17)11-14-4-2-1-3-5-14/h1-6,8-9,17-18H,7,11-13H2. The quantitative estimate of drug-likeness (QED) is 0.841. The lowest BCUT2D eigenvalue weighted by molar-refractivity contribution is -0.0402. The number of benzene rings is 2. The van der Waals surface area contributed by atoms with Gasteiger partial charge in [-0.15, -0.1) is 0 Å². The van der Waals surface area contributed by atoms with E-state index in [4.69, 9.17) is 10.00 Å². The topological polar surface area (TPSA) is 36.3 Å². The van der Waals surface area contributed by atoms with Crippen molar-refractivity contribution in [3.63, 3.8) is 0 Å². The third-order valence-electron chi connectivity index (χ3n) is 5.08. The van der Waals surface area contributed by atoms with Crippen molar-refractivity contribution in [1.82, 2.24) is 4.90 Å². The van der Waals surface area contributed by atoms with Gasteiger partial charge in [-0.25, -0.2) is 8.78 Å². The minimum absolute atomic E-state index is 0.0690. The predicted octanol–water partition coefficient (Wildman–Crippen LogP) is 3.89. The maximum Gasteiger partial charge on any atom is 0.144 e. The number of hydrogen-bond acceptors (Lipinski definition) is 3. The Kier molecular flexibility index (Phi) is 4.54. The van der Waals surface area contributed by atoms with Gasteiger partial charge in [0.15, 0.2) is 0 Å². The molecule has 132 valence electrons. The van der Waals surface area contributed by atoms with Gasteiger partial charge in [0.25, 0.3) is 0 Å². The molecule has 2 aromatic rings. The summed E-state index contributed by atoms with van der Waals surface area (Å²) in [5.74, 6) is -1.62. The van der Waals surface area contributed by atoms with Crippen molar-refractivity contribution in [1.29, 1.82) is 5.26 Å². The summed E-state index contributed by atoms with van der Waals surface area (Å²) in [7, 11) is 0. The van der Waals surface area contributed by atoms with E-state index in [2.05, 4.69) is 17.0 Å². The van der Waals surface area contributed by atoms with Gasteiger partial charge in [-0.2, -0.15) is 5.26 Å². The number of fused-ring (bicyclic) bond motifs is 2. The molecule has 0 radical (unpaired) electrons. The largest absolute Gasteiger partial charge is 0.378 e. The highest BCUT2D eigenvalue weighted by Gasteiger charge is 2.35. The Morgan fingerprint density at radius 2 is 1.85 bits per heavy atom. The fourth-order valence-corrected chi connectivity index (χ4v) is 3.78. The molecular weight excluding hydrogens is 334 g/mol. The van der Waals surface area contributed by atoms with Crippen LogP contribution in [0.3, 0.4) is 0 Å². The molecule has 0 aliphatic carbocycles. The fraction of sp³-hybridized carbons (Fsp3) is 0.286. The van der Waals surface area contributed by atoms with Crippen LogP contribution in [0, 0.1) is 23.0 Å². The van der Waals surface area contributed by atoms with Gasteiger partial charge in [0.1, 0.15) is 23.3 Å². The maximum absolute atomic E-state index is 14.0. The van der Waals surface area contributed by atoms with E-state index >= 15 is 0 Å². The molecule has 1 saturated heterocycles. The van der Waals surface area contributed by atoms with Gasteiger partial charge in [-0.1, -0.05) is 36.4 Å². The van der Waals surface area contributed by atoms with Crippen molar-refractivity contribution in [3.8, 4) is 6.07 Å². The van der Waals surface area contributed by atoms with E-state index in [1.54, 1.807) is 6.07 Å². The Balaban J connectivity index is 1.64. The molecule has 0 spiro atoms. The molecule has 3 nitrogen and oxygen atoms in total. The predicted molar refractivity (Wildman–Crippen MR) is 94.0 cm³/mol. The lowest BCUT2D eigenvalue weighted by Crippen LogP contribution is -2.53. The first-order valence-corrected chi connectivity index (χ1v) is 8.63. The SMILES string of the molecule is N#Cc1c(F)cc(C2=CC3COCC(C2)N3Cc2ccccc2)cc1F. The minimum Gasteiger partial charge on any atom is -0.378 e. The lowest BCUT2D eigenvalue weighted by atomic mass is 9.89. The zero-order valence-electron chi connectivity index (χ0n) is 14.2. The van der Waals surface area contributed by atoms with Gasteiger partial charge in [-0.05, 0) is 35.3 Å². The van der Waals surface area contributed by atoms with E-state index < -0.39 is 17.2 Å². The molecule has 2 aromatic carbocycles. The van der Waals surface area contributed by atoms with Crippen molar-refractivity contribution < 1.29 is 13.5 Å². The van der Waals surface area contributed by atoms with Crippen LogP contribution in [0.2, 0.25) is 0 Å². The highest BCUT2D eigenvalue weighted by molar-refractivity contribution is 5.68. The van der Waals surface area contributed by atoms with Gasteiger partial charge in [0.2, 0.25) is 0 Å². The van der Waals surface area contributed by atoms with Gasteiger partial charge in [0, 0.05) is 12.6 Å². The second kappa shape index (κ2) is 6.99. The molecule has 0 saturated carbocycles. The van der Waals surface area contributed by atoms with E-state index in [1.807, 2.05) is 24.3 Å². The Hall–Kier alpha value is -2.55. The molecule has 2 atom stereocenters. The summed E-state index contributed by atoms with van der Waals surface area (Å²) in [5, 5.41) is 8.84. The lowest BCUT2D eigenvalue weighted by Gasteiger charge is -2.44. The van der Waals surface area contributed by atoms with E-state index in [9.17, 15) is 8.78 Å². The Morgan fingerprint density at radius 3 is 2.50 bits per heavy atom. The summed E-state index contributed by atoms with van der Waals surface area (Å²) >= 11 is 0. The van der Waals surface area contributed by atoms with Crippen LogP contribution < -0.4 is 0 Å². The van der Waals surface area contributed by atoms with Crippen LogP contribution in [-0.2, 0) is 11.3 Å². The highest BCUT2D eigenvalue weighted by Crippen LogP contribution is 2.34. The molecule has 26 heavy (non-hydrogen) atoms. The van der Waals surface area contributed by atoms with Crippen molar-refractivity contribution in [2.75, 3.05) is 13.2 Å². The van der Waals surface area contributed by atoms with Crippen LogP contribution in [0.25, 0.3) is 5.57 Å². The number of rotatable bonds is 3. The molecule has 2 heterocycles. The van der Waals surface area contributed by atoms with E-state index in [-0.39, 0.29) is 12.1 Å². The van der Waals surface area contributed by atoms with Crippen LogP contribution in [0.5, 0.6) is 0 Å². The normalized spacial score (nSPS) is 22.6. The first-order valence-electron chi connectivity index (χ1n) is 8.63. The van der Waals surface area contributed by atoms with Gasteiger partial charge < -0.3 is 4.74 Å². The zero-order chi connectivity index (χ0) is 18.1. The number of halogens is 2. The monoisotopic (exact) mass is 352 g/mol. The average Bonchev–Trinajstić information content (AvgIpc) is 2.62. The molecule has 2 unspecified atom stereocenters. The molecule has 2 aliphatic heterocycles. The molecular formula is C21H18F2N2O. The van der Waals surface area contributed by atoms with Crippen LogP contribution >= 0.6 is 0 Å². The van der Waals surface area contributed by atoms with Gasteiger partial charge >= 0.3 is 0 Å². The molecule has 0 amide bonds. The molecule has 0 N–H and O–H groups in total. The van der Waals surface area contributed by atoms with Crippen molar-refractivity contribution in [3.05, 3.63) is 76.9 Å². The molecule has 1 fully saturated rings. The average molecular weight is 352 g/mol. The molecule has 0 aromatic heterocycles. The minimum atomic E-state index is -0.809. The zero-order valence-corrected chi connectivity index (χ0v) is 14.2. The first kappa shape index (κ1) is 16.9. The summed E-state index contributed by atoms with van der Waals surface area (Å²) in [4.78, 5) is 2.39. The number of hydrogen-bond donors (Lipinski definition) is 0. The molecule has 5 heteroatoms. The smallest absolute Gasteiger partial charge is 0.144 e. The van der Waals surface area contributed by atoms with Crippen LogP contribution in [-0.4, -0.2) is 30.2 Å². The van der Waals surface area contributed by atoms with Crippen LogP contribution in [0.4, 0.5) is 8.78 Å². The van der Waals surface area contributed by atoms with Gasteiger partial charge in [0.05, 0.1) is 19.3 Å². The van der Waals surface area contributed by atoms with E-state index in [1.165, 1.54) is 17.7 Å². The van der Waals surface area contributed by atoms with Crippen molar-refractivity contribution in [2.45, 2.75) is 25.0 Å². The van der Waals surface area contributed by atoms with Crippen LogP contribution in [0.1, 0.15) is 23.1 Å². The summed E-state index contributed by atoms with van der Waals surface area (Å²) in [6.07, 6.45) is 2.70. The number of ether oxygens (including phenoxy) is 1. The number of nitrogens with zero attached hydrogens (tertiary/aromatic N) is 2. The summed E-state index contributed by atoms with van der Waals surface area (Å²) in [6.45, 7) is 1.98. The second-order valence-electron chi connectivity index (χ2n) is 6.74. The maximum atomic E-state index is 14.0. The Bertz CT molecular complexity index is 866. The van der Waals surface area contributed by atoms with E-state index in [0.717, 1.165) is 12.1 Å². The number of nitriles is 1. The Morgan fingerprint density at radius 1 is 1.12 bits per heavy atom. The van der Waals surface area contributed by atoms with Gasteiger partial charge in [-0.3, -0.25) is 4.90 Å². The summed E-state index contributed by atoms with van der Waals surface area (Å²) < 4.78 is 33.7.